The van der Waals surface area contributed by atoms with Crippen molar-refractivity contribution >= 4 is 32.9 Å². The van der Waals surface area contributed by atoms with Gasteiger partial charge in [-0.05, 0) is 36.1 Å². The molecule has 4 heteroatoms. The van der Waals surface area contributed by atoms with Gasteiger partial charge in [0.25, 0.3) is 0 Å². The van der Waals surface area contributed by atoms with Crippen LogP contribution in [0.2, 0.25) is 0 Å². The summed E-state index contributed by atoms with van der Waals surface area (Å²) in [5.74, 6) is 0. The first-order valence-corrected chi connectivity index (χ1v) is 7.10. The smallest absolute Gasteiger partial charge is 0.116 e. The zero-order valence-corrected chi connectivity index (χ0v) is 11.0. The predicted molar refractivity (Wildman–Crippen MR) is 74.7 cm³/mol. The largest absolute Gasteiger partial charge is 0.318 e. The molecule has 0 fully saturated rings. The Labute approximate surface area is 108 Å². The number of hydrogen-bond acceptors (Lipinski definition) is 4. The van der Waals surface area contributed by atoms with Gasteiger partial charge in [0.05, 0.1) is 16.3 Å². The van der Waals surface area contributed by atoms with Crippen molar-refractivity contribution in [3.05, 3.63) is 51.2 Å². The van der Waals surface area contributed by atoms with Gasteiger partial charge in [0.15, 0.2) is 0 Å². The SMILES string of the molecule is Cc1ccc2nc(C(N)c3cccs3)sc2c1. The summed E-state index contributed by atoms with van der Waals surface area (Å²) >= 11 is 3.37. The molecule has 2 aromatic heterocycles. The Kier molecular flexibility index (Phi) is 2.70. The zero-order chi connectivity index (χ0) is 11.8. The minimum atomic E-state index is -0.0901. The summed E-state index contributed by atoms with van der Waals surface area (Å²) in [6.07, 6.45) is 0. The van der Waals surface area contributed by atoms with Crippen LogP contribution >= 0.6 is 22.7 Å². The number of rotatable bonds is 2. The molecule has 2 N–H and O–H groups in total. The lowest BCUT2D eigenvalue weighted by atomic mass is 10.2. The molecular formula is C13H12N2S2. The third kappa shape index (κ3) is 1.99. The van der Waals surface area contributed by atoms with Gasteiger partial charge < -0.3 is 5.73 Å². The minimum Gasteiger partial charge on any atom is -0.318 e. The Morgan fingerprint density at radius 2 is 2.18 bits per heavy atom. The Bertz CT molecular complexity index is 641. The lowest BCUT2D eigenvalue weighted by Crippen LogP contribution is -2.09. The lowest BCUT2D eigenvalue weighted by molar-refractivity contribution is 0.883. The standard InChI is InChI=1S/C13H12N2S2/c1-8-4-5-9-11(7-8)17-13(15-9)12(14)10-3-2-6-16-10/h2-7,12H,14H2,1H3. The van der Waals surface area contributed by atoms with Crippen LogP contribution in [0.15, 0.2) is 35.7 Å². The van der Waals surface area contributed by atoms with E-state index in [9.17, 15) is 0 Å². The first-order valence-electron chi connectivity index (χ1n) is 5.40. The molecule has 0 radical (unpaired) electrons. The fourth-order valence-corrected chi connectivity index (χ4v) is 3.66. The maximum absolute atomic E-state index is 6.22. The van der Waals surface area contributed by atoms with Crippen LogP contribution in [-0.4, -0.2) is 4.98 Å². The van der Waals surface area contributed by atoms with E-state index in [4.69, 9.17) is 5.73 Å². The van der Waals surface area contributed by atoms with Gasteiger partial charge in [-0.2, -0.15) is 0 Å². The molecule has 0 saturated heterocycles. The van der Waals surface area contributed by atoms with E-state index in [-0.39, 0.29) is 6.04 Å². The number of benzene rings is 1. The summed E-state index contributed by atoms with van der Waals surface area (Å²) in [6.45, 7) is 2.10. The fraction of sp³-hybridized carbons (Fsp3) is 0.154. The second-order valence-electron chi connectivity index (χ2n) is 4.02. The van der Waals surface area contributed by atoms with Crippen LogP contribution in [0.25, 0.3) is 10.2 Å². The van der Waals surface area contributed by atoms with Crippen molar-refractivity contribution < 1.29 is 0 Å². The summed E-state index contributed by atoms with van der Waals surface area (Å²) in [4.78, 5) is 5.78. The van der Waals surface area contributed by atoms with E-state index < -0.39 is 0 Å². The average Bonchev–Trinajstić information content (AvgIpc) is 2.96. The third-order valence-electron chi connectivity index (χ3n) is 2.68. The van der Waals surface area contributed by atoms with Crippen molar-refractivity contribution in [2.24, 2.45) is 5.73 Å². The van der Waals surface area contributed by atoms with Gasteiger partial charge in [-0.25, -0.2) is 4.98 Å². The van der Waals surface area contributed by atoms with Gasteiger partial charge in [0.2, 0.25) is 0 Å². The van der Waals surface area contributed by atoms with E-state index in [2.05, 4.69) is 36.2 Å². The highest BCUT2D eigenvalue weighted by Crippen LogP contribution is 2.30. The van der Waals surface area contributed by atoms with Crippen molar-refractivity contribution in [1.82, 2.24) is 4.98 Å². The molecule has 1 unspecified atom stereocenters. The second-order valence-corrected chi connectivity index (χ2v) is 6.06. The predicted octanol–water partition coefficient (Wildman–Crippen LogP) is 3.71. The summed E-state index contributed by atoms with van der Waals surface area (Å²) in [5.41, 5.74) is 8.53. The highest BCUT2D eigenvalue weighted by molar-refractivity contribution is 7.18. The van der Waals surface area contributed by atoms with E-state index in [1.165, 1.54) is 15.1 Å². The molecule has 2 nitrogen and oxygen atoms in total. The number of fused-ring (bicyclic) bond motifs is 1. The summed E-state index contributed by atoms with van der Waals surface area (Å²) in [5, 5.41) is 3.04. The van der Waals surface area contributed by atoms with Crippen LogP contribution < -0.4 is 5.73 Å². The van der Waals surface area contributed by atoms with Gasteiger partial charge >= 0.3 is 0 Å². The van der Waals surface area contributed by atoms with Crippen LogP contribution in [0.5, 0.6) is 0 Å². The van der Waals surface area contributed by atoms with E-state index in [1.54, 1.807) is 22.7 Å². The van der Waals surface area contributed by atoms with E-state index in [0.29, 0.717) is 0 Å². The highest BCUT2D eigenvalue weighted by atomic mass is 32.1. The normalized spacial score (nSPS) is 13.1. The molecule has 0 aliphatic carbocycles. The molecule has 0 aliphatic rings. The van der Waals surface area contributed by atoms with Crippen LogP contribution in [0.4, 0.5) is 0 Å². The van der Waals surface area contributed by atoms with Gasteiger partial charge in [-0.1, -0.05) is 12.1 Å². The third-order valence-corrected chi connectivity index (χ3v) is 4.73. The van der Waals surface area contributed by atoms with Crippen LogP contribution in [-0.2, 0) is 0 Å². The fourth-order valence-electron chi connectivity index (χ4n) is 1.77. The van der Waals surface area contributed by atoms with Gasteiger partial charge in [0.1, 0.15) is 5.01 Å². The number of nitrogens with zero attached hydrogens (tertiary/aromatic N) is 1. The monoisotopic (exact) mass is 260 g/mol. The summed E-state index contributed by atoms with van der Waals surface area (Å²) in [7, 11) is 0. The lowest BCUT2D eigenvalue weighted by Gasteiger charge is -2.03. The number of aromatic nitrogens is 1. The molecule has 17 heavy (non-hydrogen) atoms. The minimum absolute atomic E-state index is 0.0901. The maximum atomic E-state index is 6.22. The van der Waals surface area contributed by atoms with Crippen molar-refractivity contribution in [3.8, 4) is 0 Å². The number of hydrogen-bond donors (Lipinski definition) is 1. The van der Waals surface area contributed by atoms with E-state index in [0.717, 1.165) is 10.5 Å². The van der Waals surface area contributed by atoms with Crippen molar-refractivity contribution in [2.45, 2.75) is 13.0 Å². The van der Waals surface area contributed by atoms with Gasteiger partial charge in [-0.3, -0.25) is 0 Å². The van der Waals surface area contributed by atoms with Crippen LogP contribution in [0.1, 0.15) is 21.5 Å². The molecule has 1 aromatic carbocycles. The van der Waals surface area contributed by atoms with Crippen LogP contribution in [0.3, 0.4) is 0 Å². The molecule has 0 spiro atoms. The molecular weight excluding hydrogens is 248 g/mol. The Balaban J connectivity index is 2.06. The molecule has 0 aliphatic heterocycles. The highest BCUT2D eigenvalue weighted by Gasteiger charge is 2.14. The number of thiazole rings is 1. The van der Waals surface area contributed by atoms with Crippen molar-refractivity contribution in [2.75, 3.05) is 0 Å². The first kappa shape index (κ1) is 10.9. The molecule has 3 rings (SSSR count). The Morgan fingerprint density at radius 3 is 2.94 bits per heavy atom. The zero-order valence-electron chi connectivity index (χ0n) is 9.38. The van der Waals surface area contributed by atoms with E-state index in [1.807, 2.05) is 11.4 Å². The van der Waals surface area contributed by atoms with Gasteiger partial charge in [0, 0.05) is 4.88 Å². The van der Waals surface area contributed by atoms with Crippen molar-refractivity contribution in [3.63, 3.8) is 0 Å². The number of thiophene rings is 1. The molecule has 2 heterocycles. The number of nitrogens with two attached hydrogens (primary N) is 1. The molecule has 0 bridgehead atoms. The number of aryl methyl sites for hydroxylation is 1. The maximum Gasteiger partial charge on any atom is 0.116 e. The second kappa shape index (κ2) is 4.22. The quantitative estimate of drug-likeness (QED) is 0.762. The van der Waals surface area contributed by atoms with E-state index >= 15 is 0 Å². The molecule has 0 saturated carbocycles. The Hall–Kier alpha value is -1.23. The molecule has 0 amide bonds. The molecule has 1 atom stereocenters. The van der Waals surface area contributed by atoms with Crippen LogP contribution in [0, 0.1) is 6.92 Å². The average molecular weight is 260 g/mol. The summed E-state index contributed by atoms with van der Waals surface area (Å²) in [6, 6.07) is 10.3. The summed E-state index contributed by atoms with van der Waals surface area (Å²) < 4.78 is 1.21. The van der Waals surface area contributed by atoms with Crippen molar-refractivity contribution in [1.29, 1.82) is 0 Å². The molecule has 86 valence electrons. The topological polar surface area (TPSA) is 38.9 Å². The molecule has 3 aromatic rings. The Morgan fingerprint density at radius 1 is 1.29 bits per heavy atom. The van der Waals surface area contributed by atoms with Gasteiger partial charge in [-0.15, -0.1) is 22.7 Å². The first-order chi connectivity index (χ1) is 8.24.